The number of hydrogen-bond acceptors (Lipinski definition) is 4. The predicted octanol–water partition coefficient (Wildman–Crippen LogP) is 4.83. The molecule has 3 nitrogen and oxygen atoms in total. The summed E-state index contributed by atoms with van der Waals surface area (Å²) in [5.41, 5.74) is 11.8. The molecule has 0 radical (unpaired) electrons. The SMILES string of the molecule is CCc1ccsc1-c1onc(N)c1-c1ccc(C)c(C)c1. The summed E-state index contributed by atoms with van der Waals surface area (Å²) < 4.78 is 5.54. The number of thiophene rings is 1. The van der Waals surface area contributed by atoms with E-state index in [9.17, 15) is 0 Å². The molecule has 0 amide bonds. The molecule has 3 rings (SSSR count). The second kappa shape index (κ2) is 5.37. The van der Waals surface area contributed by atoms with E-state index in [4.69, 9.17) is 10.3 Å². The third kappa shape index (κ3) is 2.36. The Kier molecular flexibility index (Phi) is 3.55. The molecule has 0 saturated carbocycles. The fraction of sp³-hybridized carbons (Fsp3) is 0.235. The van der Waals surface area contributed by atoms with E-state index in [1.54, 1.807) is 11.3 Å². The van der Waals surface area contributed by atoms with Crippen molar-refractivity contribution >= 4 is 17.2 Å². The third-order valence-corrected chi connectivity index (χ3v) is 4.80. The molecule has 0 bridgehead atoms. The Labute approximate surface area is 128 Å². The van der Waals surface area contributed by atoms with E-state index in [1.807, 2.05) is 0 Å². The molecule has 4 heteroatoms. The van der Waals surface area contributed by atoms with Gasteiger partial charge in [0.25, 0.3) is 0 Å². The van der Waals surface area contributed by atoms with Gasteiger partial charge in [-0.05, 0) is 54.0 Å². The first kappa shape index (κ1) is 13.9. The Morgan fingerprint density at radius 3 is 2.71 bits per heavy atom. The van der Waals surface area contributed by atoms with Crippen molar-refractivity contribution in [3.8, 4) is 21.8 Å². The first-order chi connectivity index (χ1) is 10.1. The van der Waals surface area contributed by atoms with Crippen molar-refractivity contribution in [2.24, 2.45) is 0 Å². The molecule has 0 aliphatic carbocycles. The average molecular weight is 298 g/mol. The van der Waals surface area contributed by atoms with Crippen LogP contribution in [-0.4, -0.2) is 5.16 Å². The van der Waals surface area contributed by atoms with Crippen LogP contribution in [0.5, 0.6) is 0 Å². The van der Waals surface area contributed by atoms with Crippen LogP contribution in [0.3, 0.4) is 0 Å². The Morgan fingerprint density at radius 1 is 1.19 bits per heavy atom. The lowest BCUT2D eigenvalue weighted by Crippen LogP contribution is -1.90. The van der Waals surface area contributed by atoms with Crippen LogP contribution >= 0.6 is 11.3 Å². The van der Waals surface area contributed by atoms with Gasteiger partial charge in [-0.15, -0.1) is 11.3 Å². The summed E-state index contributed by atoms with van der Waals surface area (Å²) in [4.78, 5) is 1.12. The molecule has 108 valence electrons. The molecule has 0 unspecified atom stereocenters. The molecule has 0 atom stereocenters. The van der Waals surface area contributed by atoms with Gasteiger partial charge in [0.2, 0.25) is 0 Å². The lowest BCUT2D eigenvalue weighted by Gasteiger charge is -2.06. The summed E-state index contributed by atoms with van der Waals surface area (Å²) in [5, 5.41) is 6.07. The van der Waals surface area contributed by atoms with Crippen LogP contribution in [-0.2, 0) is 6.42 Å². The second-order valence-corrected chi connectivity index (χ2v) is 6.12. The van der Waals surface area contributed by atoms with E-state index in [2.05, 4.69) is 55.6 Å². The maximum absolute atomic E-state index is 6.06. The number of anilines is 1. The first-order valence-electron chi connectivity index (χ1n) is 7.01. The van der Waals surface area contributed by atoms with Crippen LogP contribution in [0.15, 0.2) is 34.2 Å². The van der Waals surface area contributed by atoms with Crippen LogP contribution in [0.2, 0.25) is 0 Å². The maximum atomic E-state index is 6.06. The fourth-order valence-electron chi connectivity index (χ4n) is 2.45. The van der Waals surface area contributed by atoms with Gasteiger partial charge >= 0.3 is 0 Å². The van der Waals surface area contributed by atoms with Crippen molar-refractivity contribution in [3.05, 3.63) is 46.3 Å². The van der Waals surface area contributed by atoms with Crippen LogP contribution in [0.1, 0.15) is 23.6 Å². The molecule has 3 aromatic rings. The number of benzene rings is 1. The number of nitrogen functional groups attached to an aromatic ring is 1. The number of aromatic nitrogens is 1. The van der Waals surface area contributed by atoms with Crippen molar-refractivity contribution in [2.75, 3.05) is 5.73 Å². The number of aryl methyl sites for hydroxylation is 3. The summed E-state index contributed by atoms with van der Waals surface area (Å²) in [7, 11) is 0. The number of nitrogens with zero attached hydrogens (tertiary/aromatic N) is 1. The van der Waals surface area contributed by atoms with Gasteiger partial charge in [0, 0.05) is 0 Å². The van der Waals surface area contributed by atoms with Gasteiger partial charge in [-0.1, -0.05) is 30.3 Å². The van der Waals surface area contributed by atoms with Crippen LogP contribution in [0.25, 0.3) is 21.8 Å². The summed E-state index contributed by atoms with van der Waals surface area (Å²) in [6.45, 7) is 6.34. The molecular formula is C17H18N2OS. The zero-order valence-electron chi connectivity index (χ0n) is 12.4. The normalized spacial score (nSPS) is 11.0. The molecular weight excluding hydrogens is 280 g/mol. The Balaban J connectivity index is 2.19. The van der Waals surface area contributed by atoms with Crippen molar-refractivity contribution in [3.63, 3.8) is 0 Å². The van der Waals surface area contributed by atoms with Gasteiger partial charge in [-0.3, -0.25) is 0 Å². The molecule has 0 saturated heterocycles. The minimum absolute atomic E-state index is 0.448. The van der Waals surface area contributed by atoms with Crippen LogP contribution < -0.4 is 5.73 Å². The highest BCUT2D eigenvalue weighted by Crippen LogP contribution is 2.41. The zero-order valence-corrected chi connectivity index (χ0v) is 13.3. The van der Waals surface area contributed by atoms with E-state index < -0.39 is 0 Å². The van der Waals surface area contributed by atoms with Gasteiger partial charge in [0.15, 0.2) is 11.6 Å². The molecule has 2 heterocycles. The third-order valence-electron chi connectivity index (χ3n) is 3.85. The van der Waals surface area contributed by atoms with E-state index in [-0.39, 0.29) is 0 Å². The summed E-state index contributed by atoms with van der Waals surface area (Å²) in [6, 6.07) is 8.45. The predicted molar refractivity (Wildman–Crippen MR) is 88.5 cm³/mol. The maximum Gasteiger partial charge on any atom is 0.187 e. The van der Waals surface area contributed by atoms with Gasteiger partial charge < -0.3 is 10.3 Å². The minimum atomic E-state index is 0.448. The zero-order chi connectivity index (χ0) is 15.0. The van der Waals surface area contributed by atoms with E-state index in [0.717, 1.165) is 28.2 Å². The van der Waals surface area contributed by atoms with Gasteiger partial charge in [0.05, 0.1) is 10.4 Å². The summed E-state index contributed by atoms with van der Waals surface area (Å²) in [5.74, 6) is 1.23. The van der Waals surface area contributed by atoms with Crippen molar-refractivity contribution in [2.45, 2.75) is 27.2 Å². The van der Waals surface area contributed by atoms with Gasteiger partial charge in [-0.2, -0.15) is 0 Å². The second-order valence-electron chi connectivity index (χ2n) is 5.20. The molecule has 1 aromatic carbocycles. The van der Waals surface area contributed by atoms with E-state index >= 15 is 0 Å². The van der Waals surface area contributed by atoms with Crippen molar-refractivity contribution in [1.29, 1.82) is 0 Å². The smallest absolute Gasteiger partial charge is 0.187 e. The van der Waals surface area contributed by atoms with Gasteiger partial charge in [-0.25, -0.2) is 0 Å². The quantitative estimate of drug-likeness (QED) is 0.753. The Morgan fingerprint density at radius 2 is 2.00 bits per heavy atom. The average Bonchev–Trinajstić information content (AvgIpc) is 3.07. The fourth-order valence-corrected chi connectivity index (χ4v) is 3.43. The number of nitrogens with two attached hydrogens (primary N) is 1. The lowest BCUT2D eigenvalue weighted by molar-refractivity contribution is 0.436. The highest BCUT2D eigenvalue weighted by atomic mass is 32.1. The molecule has 0 aliphatic heterocycles. The molecule has 21 heavy (non-hydrogen) atoms. The van der Waals surface area contributed by atoms with Crippen LogP contribution in [0, 0.1) is 13.8 Å². The Hall–Kier alpha value is -2.07. The first-order valence-corrected chi connectivity index (χ1v) is 7.89. The van der Waals surface area contributed by atoms with Crippen molar-refractivity contribution in [1.82, 2.24) is 5.16 Å². The summed E-state index contributed by atoms with van der Waals surface area (Å²) >= 11 is 1.67. The highest BCUT2D eigenvalue weighted by Gasteiger charge is 2.20. The lowest BCUT2D eigenvalue weighted by atomic mass is 9.99. The molecule has 0 fully saturated rings. The van der Waals surface area contributed by atoms with E-state index in [1.165, 1.54) is 16.7 Å². The topological polar surface area (TPSA) is 52.0 Å². The largest absolute Gasteiger partial charge is 0.380 e. The molecule has 0 spiro atoms. The van der Waals surface area contributed by atoms with Crippen molar-refractivity contribution < 1.29 is 4.52 Å². The standard InChI is InChI=1S/C17H18N2OS/c1-4-12-7-8-21-16(12)15-14(17(18)19-20-15)13-6-5-10(2)11(3)9-13/h5-9H,4H2,1-3H3,(H2,18,19). The van der Waals surface area contributed by atoms with Gasteiger partial charge in [0.1, 0.15) is 0 Å². The molecule has 0 aliphatic rings. The Bertz CT molecular complexity index is 786. The number of hydrogen-bond donors (Lipinski definition) is 1. The molecule has 2 N–H and O–H groups in total. The summed E-state index contributed by atoms with van der Waals surface area (Å²) in [6.07, 6.45) is 0.964. The van der Waals surface area contributed by atoms with Crippen LogP contribution in [0.4, 0.5) is 5.82 Å². The minimum Gasteiger partial charge on any atom is -0.380 e. The highest BCUT2D eigenvalue weighted by molar-refractivity contribution is 7.13. The molecule has 2 aromatic heterocycles. The monoisotopic (exact) mass is 298 g/mol. The van der Waals surface area contributed by atoms with E-state index in [0.29, 0.717) is 5.82 Å². The number of rotatable bonds is 3.